The molecule has 5 rings (SSSR count). The van der Waals surface area contributed by atoms with Crippen molar-refractivity contribution in [1.29, 1.82) is 0 Å². The lowest BCUT2D eigenvalue weighted by Gasteiger charge is -2.16. The number of fused-ring (bicyclic) bond motifs is 1. The van der Waals surface area contributed by atoms with Crippen molar-refractivity contribution >= 4 is 49.0 Å². The van der Waals surface area contributed by atoms with Crippen molar-refractivity contribution in [3.05, 3.63) is 96.4 Å². The molecule has 1 unspecified atom stereocenters. The van der Waals surface area contributed by atoms with Crippen LogP contribution in [0.15, 0.2) is 95.5 Å². The minimum atomic E-state index is -3.72. The van der Waals surface area contributed by atoms with Gasteiger partial charge in [-0.15, -0.1) is 11.3 Å². The Hall–Kier alpha value is -4.02. The molecule has 3 aromatic carbocycles. The summed E-state index contributed by atoms with van der Waals surface area (Å²) < 4.78 is 43.2. The van der Waals surface area contributed by atoms with E-state index in [0.29, 0.717) is 21.7 Å². The lowest BCUT2D eigenvalue weighted by atomic mass is 10.1. The average molecular weight is 521 g/mol. The number of hydrogen-bond acceptors (Lipinski definition) is 5. The van der Waals surface area contributed by atoms with Gasteiger partial charge in [-0.1, -0.05) is 30.3 Å². The third kappa shape index (κ3) is 4.73. The monoisotopic (exact) mass is 520 g/mol. The van der Waals surface area contributed by atoms with Crippen LogP contribution in [0.1, 0.15) is 13.0 Å². The van der Waals surface area contributed by atoms with Crippen LogP contribution in [-0.4, -0.2) is 23.9 Å². The van der Waals surface area contributed by atoms with Crippen LogP contribution in [0.4, 0.5) is 15.2 Å². The van der Waals surface area contributed by atoms with E-state index < -0.39 is 16.1 Å². The van der Waals surface area contributed by atoms with Crippen LogP contribution < -0.4 is 10.0 Å². The largest absolute Gasteiger partial charge is 0.335 e. The van der Waals surface area contributed by atoms with Crippen LogP contribution in [0.3, 0.4) is 0 Å². The predicted octanol–water partition coefficient (Wildman–Crippen LogP) is 5.90. The summed E-state index contributed by atoms with van der Waals surface area (Å²) in [4.78, 5) is 16.9. The number of thiazole rings is 1. The quantitative estimate of drug-likeness (QED) is 0.279. The van der Waals surface area contributed by atoms with E-state index in [4.69, 9.17) is 0 Å². The molecule has 0 aliphatic rings. The molecule has 10 heteroatoms. The van der Waals surface area contributed by atoms with Crippen LogP contribution in [-0.2, 0) is 14.8 Å². The fraction of sp³-hybridized carbons (Fsp3) is 0.0769. The SMILES string of the molecule is CC(C(=O)Nc1ccc(-c2ccc(S(=O)(=O)Nc3nccs3)cc2)cc1)n1ccc2c(F)cccc21. The zero-order valence-corrected chi connectivity index (χ0v) is 20.7. The molecule has 2 N–H and O–H groups in total. The van der Waals surface area contributed by atoms with Crippen molar-refractivity contribution in [1.82, 2.24) is 9.55 Å². The Balaban J connectivity index is 1.27. The summed E-state index contributed by atoms with van der Waals surface area (Å²) in [5.74, 6) is -0.553. The molecule has 2 aromatic heterocycles. The van der Waals surface area contributed by atoms with Crippen LogP contribution in [0, 0.1) is 5.82 Å². The normalized spacial score (nSPS) is 12.4. The van der Waals surface area contributed by atoms with Gasteiger partial charge in [0.2, 0.25) is 5.91 Å². The molecule has 2 heterocycles. The first-order chi connectivity index (χ1) is 17.3. The number of nitrogens with one attached hydrogen (secondary N) is 2. The summed E-state index contributed by atoms with van der Waals surface area (Å²) in [5, 5.41) is 5.36. The molecule has 0 saturated carbocycles. The maximum atomic E-state index is 14.0. The number of amides is 1. The van der Waals surface area contributed by atoms with Crippen molar-refractivity contribution in [3.8, 4) is 11.1 Å². The number of carbonyl (C=O) groups excluding carboxylic acids is 1. The van der Waals surface area contributed by atoms with Gasteiger partial charge in [0.1, 0.15) is 11.9 Å². The van der Waals surface area contributed by atoms with Gasteiger partial charge in [0.15, 0.2) is 5.13 Å². The molecule has 36 heavy (non-hydrogen) atoms. The highest BCUT2D eigenvalue weighted by molar-refractivity contribution is 7.93. The molecule has 0 radical (unpaired) electrons. The van der Waals surface area contributed by atoms with Crippen LogP contribution >= 0.6 is 11.3 Å². The molecular weight excluding hydrogens is 499 g/mol. The first-order valence-electron chi connectivity index (χ1n) is 11.0. The van der Waals surface area contributed by atoms with Crippen molar-refractivity contribution < 1.29 is 17.6 Å². The van der Waals surface area contributed by atoms with E-state index in [2.05, 4.69) is 15.0 Å². The number of sulfonamides is 1. The lowest BCUT2D eigenvalue weighted by molar-refractivity contribution is -0.118. The lowest BCUT2D eigenvalue weighted by Crippen LogP contribution is -2.23. The Bertz CT molecular complexity index is 1630. The van der Waals surface area contributed by atoms with E-state index in [1.807, 2.05) is 12.1 Å². The minimum Gasteiger partial charge on any atom is -0.335 e. The molecule has 182 valence electrons. The minimum absolute atomic E-state index is 0.136. The highest BCUT2D eigenvalue weighted by Crippen LogP contribution is 2.26. The smallest absolute Gasteiger partial charge is 0.263 e. The van der Waals surface area contributed by atoms with E-state index in [-0.39, 0.29) is 16.6 Å². The van der Waals surface area contributed by atoms with Gasteiger partial charge in [0.25, 0.3) is 10.0 Å². The van der Waals surface area contributed by atoms with Crippen LogP contribution in [0.5, 0.6) is 0 Å². The second-order valence-corrected chi connectivity index (χ2v) is 10.7. The molecule has 0 aliphatic carbocycles. The maximum Gasteiger partial charge on any atom is 0.263 e. The van der Waals surface area contributed by atoms with Crippen LogP contribution in [0.2, 0.25) is 0 Å². The Morgan fingerprint density at radius 2 is 1.69 bits per heavy atom. The Morgan fingerprint density at radius 3 is 2.36 bits per heavy atom. The standard InChI is InChI=1S/C26H21FN4O3S2/c1-17(31-15-13-22-23(27)3-2-4-24(22)31)25(32)29-20-9-5-18(6-10-20)19-7-11-21(12-8-19)36(33,34)30-26-28-14-16-35-26/h2-17H,1H3,(H,28,30)(H,29,32). The van der Waals surface area contributed by atoms with Gasteiger partial charge in [0.05, 0.1) is 10.4 Å². The first kappa shape index (κ1) is 23.7. The maximum absolute atomic E-state index is 14.0. The van der Waals surface area contributed by atoms with Crippen molar-refractivity contribution in [3.63, 3.8) is 0 Å². The van der Waals surface area contributed by atoms with Crippen LogP contribution in [0.25, 0.3) is 22.0 Å². The first-order valence-corrected chi connectivity index (χ1v) is 13.4. The third-order valence-corrected chi connectivity index (χ3v) is 7.98. The fourth-order valence-corrected chi connectivity index (χ4v) is 5.67. The second-order valence-electron chi connectivity index (χ2n) is 8.11. The van der Waals surface area contributed by atoms with Gasteiger partial charge in [-0.2, -0.15) is 0 Å². The van der Waals surface area contributed by atoms with Gasteiger partial charge in [-0.05, 0) is 60.5 Å². The van der Waals surface area contributed by atoms with E-state index in [1.54, 1.807) is 65.5 Å². The molecule has 0 saturated heterocycles. The summed E-state index contributed by atoms with van der Waals surface area (Å²) >= 11 is 1.20. The highest BCUT2D eigenvalue weighted by atomic mass is 32.2. The number of nitrogens with zero attached hydrogens (tertiary/aromatic N) is 2. The van der Waals surface area contributed by atoms with Gasteiger partial charge in [-0.25, -0.2) is 17.8 Å². The number of hydrogen-bond donors (Lipinski definition) is 2. The average Bonchev–Trinajstić information content (AvgIpc) is 3.54. The zero-order valence-electron chi connectivity index (χ0n) is 19.1. The Morgan fingerprint density at radius 1 is 1.00 bits per heavy atom. The van der Waals surface area contributed by atoms with Gasteiger partial charge < -0.3 is 9.88 Å². The molecule has 1 amide bonds. The van der Waals surface area contributed by atoms with E-state index in [0.717, 1.165) is 11.1 Å². The summed E-state index contributed by atoms with van der Waals surface area (Å²) in [6.07, 6.45) is 3.24. The topological polar surface area (TPSA) is 93.1 Å². The van der Waals surface area contributed by atoms with Gasteiger partial charge >= 0.3 is 0 Å². The van der Waals surface area contributed by atoms with Crippen molar-refractivity contribution in [2.75, 3.05) is 10.0 Å². The fourth-order valence-electron chi connectivity index (χ4n) is 3.88. The summed E-state index contributed by atoms with van der Waals surface area (Å²) in [7, 11) is -3.72. The predicted molar refractivity (Wildman–Crippen MR) is 140 cm³/mol. The molecule has 5 aromatic rings. The molecule has 0 aliphatic heterocycles. The second kappa shape index (κ2) is 9.56. The van der Waals surface area contributed by atoms with E-state index in [9.17, 15) is 17.6 Å². The number of halogens is 1. The number of rotatable bonds is 7. The molecule has 0 fully saturated rings. The number of anilines is 2. The summed E-state index contributed by atoms with van der Waals surface area (Å²) in [5.41, 5.74) is 2.96. The van der Waals surface area contributed by atoms with E-state index >= 15 is 0 Å². The zero-order chi connectivity index (χ0) is 25.3. The van der Waals surface area contributed by atoms with Crippen molar-refractivity contribution in [2.24, 2.45) is 0 Å². The molecular formula is C26H21FN4O3S2. The summed E-state index contributed by atoms with van der Waals surface area (Å²) in [6.45, 7) is 1.76. The molecule has 7 nitrogen and oxygen atoms in total. The Kier molecular flexibility index (Phi) is 6.29. The highest BCUT2D eigenvalue weighted by Gasteiger charge is 2.18. The van der Waals surface area contributed by atoms with Crippen molar-refractivity contribution in [2.45, 2.75) is 17.9 Å². The molecule has 1 atom stereocenters. The third-order valence-electron chi connectivity index (χ3n) is 5.81. The number of aromatic nitrogens is 2. The number of benzene rings is 3. The van der Waals surface area contributed by atoms with Gasteiger partial charge in [0, 0.05) is 28.8 Å². The van der Waals surface area contributed by atoms with Gasteiger partial charge in [-0.3, -0.25) is 9.52 Å². The summed E-state index contributed by atoms with van der Waals surface area (Å²) in [6, 6.07) is 19.7. The van der Waals surface area contributed by atoms with E-state index in [1.165, 1.54) is 35.7 Å². The Labute approximate surface area is 211 Å². The molecule has 0 bridgehead atoms. The molecule has 0 spiro atoms. The number of carbonyl (C=O) groups is 1.